The summed E-state index contributed by atoms with van der Waals surface area (Å²) in [6.45, 7) is 9.61. The van der Waals surface area contributed by atoms with Crippen LogP contribution in [-0.2, 0) is 0 Å². The van der Waals surface area contributed by atoms with Crippen LogP contribution in [0.3, 0.4) is 0 Å². The average molecular weight is 222 g/mol. The molecule has 0 radical (unpaired) electrons. The molecule has 0 amide bonds. The van der Waals surface area contributed by atoms with Crippen LogP contribution in [0.2, 0.25) is 0 Å². The summed E-state index contributed by atoms with van der Waals surface area (Å²) >= 11 is 0. The zero-order valence-electron chi connectivity index (χ0n) is 11.2. The normalized spacial score (nSPS) is 58.7. The van der Waals surface area contributed by atoms with Gasteiger partial charge >= 0.3 is 0 Å². The minimum Gasteiger partial charge on any atom is -0.393 e. The first-order valence-electron chi connectivity index (χ1n) is 7.03. The van der Waals surface area contributed by atoms with E-state index < -0.39 is 0 Å². The lowest BCUT2D eigenvalue weighted by molar-refractivity contribution is -0.223. The molecule has 0 aromatic heterocycles. The fourth-order valence-electron chi connectivity index (χ4n) is 5.67. The highest BCUT2D eigenvalue weighted by Gasteiger charge is 2.68. The Bertz CT molecular complexity index is 321. The van der Waals surface area contributed by atoms with Gasteiger partial charge in [0.15, 0.2) is 0 Å². The molecule has 4 fully saturated rings. The Hall–Kier alpha value is -0.0400. The molecule has 16 heavy (non-hydrogen) atoms. The molecule has 0 saturated heterocycles. The third-order valence-corrected chi connectivity index (χ3v) is 7.33. The Kier molecular flexibility index (Phi) is 1.98. The van der Waals surface area contributed by atoms with E-state index in [0.717, 1.165) is 18.3 Å². The van der Waals surface area contributed by atoms with E-state index in [1.54, 1.807) is 0 Å². The quantitative estimate of drug-likeness (QED) is 0.664. The second-order valence-electron chi connectivity index (χ2n) is 7.62. The lowest BCUT2D eigenvalue weighted by Gasteiger charge is -2.67. The van der Waals surface area contributed by atoms with Crippen LogP contribution in [0.4, 0.5) is 0 Å². The summed E-state index contributed by atoms with van der Waals surface area (Å²) in [6.07, 6.45) is 6.41. The predicted octanol–water partition coefficient (Wildman–Crippen LogP) is 3.61. The summed E-state index contributed by atoms with van der Waals surface area (Å²) in [4.78, 5) is 0. The first-order chi connectivity index (χ1) is 7.34. The minimum atomic E-state index is -0.0620. The van der Waals surface area contributed by atoms with Gasteiger partial charge in [-0.1, -0.05) is 27.7 Å². The van der Waals surface area contributed by atoms with Crippen molar-refractivity contribution in [2.75, 3.05) is 0 Å². The smallest absolute Gasteiger partial charge is 0.0604 e. The second kappa shape index (κ2) is 2.85. The third-order valence-electron chi connectivity index (χ3n) is 7.33. The van der Waals surface area contributed by atoms with E-state index in [4.69, 9.17) is 0 Å². The Labute approximate surface area is 99.6 Å². The van der Waals surface area contributed by atoms with E-state index >= 15 is 0 Å². The van der Waals surface area contributed by atoms with E-state index in [0.29, 0.717) is 10.8 Å². The molecule has 5 atom stereocenters. The number of aliphatic hydroxyl groups excluding tert-OH is 1. The molecule has 4 aliphatic carbocycles. The number of hydrogen-bond donors (Lipinski definition) is 1. The van der Waals surface area contributed by atoms with Crippen LogP contribution in [0.1, 0.15) is 59.8 Å². The third kappa shape index (κ3) is 0.939. The van der Waals surface area contributed by atoms with Gasteiger partial charge in [-0.2, -0.15) is 0 Å². The molecule has 0 aliphatic heterocycles. The summed E-state index contributed by atoms with van der Waals surface area (Å²) in [5.74, 6) is 1.69. The van der Waals surface area contributed by atoms with E-state index in [-0.39, 0.29) is 11.5 Å². The van der Waals surface area contributed by atoms with Crippen LogP contribution < -0.4 is 0 Å². The van der Waals surface area contributed by atoms with Gasteiger partial charge in [0.1, 0.15) is 0 Å². The molecule has 0 heterocycles. The topological polar surface area (TPSA) is 20.2 Å². The molecule has 1 heteroatoms. The van der Waals surface area contributed by atoms with Gasteiger partial charge in [-0.05, 0) is 60.2 Å². The minimum absolute atomic E-state index is 0.0620. The largest absolute Gasteiger partial charge is 0.393 e. The average Bonchev–Trinajstić information content (AvgIpc) is 2.51. The molecule has 4 rings (SSSR count). The molecule has 1 N–H and O–H groups in total. The van der Waals surface area contributed by atoms with Gasteiger partial charge in [-0.25, -0.2) is 0 Å². The summed E-state index contributed by atoms with van der Waals surface area (Å²) in [7, 11) is 0. The SMILES string of the molecule is C[C@H]1CCC2C(C)(C)[C@]3(C)CC[C@@]21C[C@H]3O. The lowest BCUT2D eigenvalue weighted by Crippen LogP contribution is -2.63. The van der Waals surface area contributed by atoms with Crippen molar-refractivity contribution in [2.45, 2.75) is 65.9 Å². The zero-order chi connectivity index (χ0) is 11.8. The summed E-state index contributed by atoms with van der Waals surface area (Å²) < 4.78 is 0. The van der Waals surface area contributed by atoms with E-state index in [1.165, 1.54) is 25.7 Å². The number of hydrogen-bond acceptors (Lipinski definition) is 1. The van der Waals surface area contributed by atoms with Crippen LogP contribution >= 0.6 is 0 Å². The van der Waals surface area contributed by atoms with Crippen molar-refractivity contribution in [1.29, 1.82) is 0 Å². The fourth-order valence-corrected chi connectivity index (χ4v) is 5.67. The Morgan fingerprint density at radius 3 is 2.38 bits per heavy atom. The molecule has 0 aromatic carbocycles. The monoisotopic (exact) mass is 222 g/mol. The molecular formula is C15H26O. The van der Waals surface area contributed by atoms with Gasteiger partial charge in [0, 0.05) is 0 Å². The maximum absolute atomic E-state index is 10.6. The zero-order valence-corrected chi connectivity index (χ0v) is 11.2. The van der Waals surface area contributed by atoms with Gasteiger partial charge in [-0.3, -0.25) is 0 Å². The summed E-state index contributed by atoms with van der Waals surface area (Å²) in [5.41, 5.74) is 0.984. The molecule has 1 spiro atoms. The van der Waals surface area contributed by atoms with Crippen molar-refractivity contribution < 1.29 is 5.11 Å². The van der Waals surface area contributed by atoms with Crippen molar-refractivity contribution in [3.63, 3.8) is 0 Å². The molecule has 4 aliphatic rings. The lowest BCUT2D eigenvalue weighted by atomic mass is 9.38. The molecule has 0 aromatic rings. The highest BCUT2D eigenvalue weighted by molar-refractivity contribution is 5.17. The molecule has 1 unspecified atom stereocenters. The maximum Gasteiger partial charge on any atom is 0.0604 e. The number of fused-ring (bicyclic) bond motifs is 2. The standard InChI is InChI=1S/C15H26O/c1-10-5-6-11-13(2,3)14(4)7-8-15(10,11)9-12(14)16/h10-12,16H,5-9H2,1-4H3/t10-,11?,12+,14+,15-/m0/s1. The maximum atomic E-state index is 10.6. The fraction of sp³-hybridized carbons (Fsp3) is 1.00. The number of aliphatic hydroxyl groups is 1. The first-order valence-corrected chi connectivity index (χ1v) is 7.03. The first kappa shape index (κ1) is 11.1. The van der Waals surface area contributed by atoms with Crippen molar-refractivity contribution in [3.05, 3.63) is 0 Å². The van der Waals surface area contributed by atoms with E-state index in [9.17, 15) is 5.11 Å². The number of rotatable bonds is 0. The molecule has 4 saturated carbocycles. The van der Waals surface area contributed by atoms with Crippen LogP contribution in [0.25, 0.3) is 0 Å². The Balaban J connectivity index is 2.12. The molecular weight excluding hydrogens is 196 g/mol. The van der Waals surface area contributed by atoms with Gasteiger partial charge in [0.2, 0.25) is 0 Å². The van der Waals surface area contributed by atoms with Crippen molar-refractivity contribution in [2.24, 2.45) is 28.1 Å². The van der Waals surface area contributed by atoms with Crippen LogP contribution in [0, 0.1) is 28.1 Å². The van der Waals surface area contributed by atoms with Crippen LogP contribution in [0.5, 0.6) is 0 Å². The molecule has 92 valence electrons. The van der Waals surface area contributed by atoms with Gasteiger partial charge in [0.05, 0.1) is 6.10 Å². The summed E-state index contributed by atoms with van der Waals surface area (Å²) in [5, 5.41) is 10.6. The van der Waals surface area contributed by atoms with E-state index in [1.807, 2.05) is 0 Å². The predicted molar refractivity (Wildman–Crippen MR) is 66.1 cm³/mol. The van der Waals surface area contributed by atoms with Gasteiger partial charge in [-0.15, -0.1) is 0 Å². The van der Waals surface area contributed by atoms with Gasteiger partial charge in [0.25, 0.3) is 0 Å². The Morgan fingerprint density at radius 2 is 1.75 bits per heavy atom. The van der Waals surface area contributed by atoms with Crippen molar-refractivity contribution in [1.82, 2.24) is 0 Å². The van der Waals surface area contributed by atoms with Gasteiger partial charge < -0.3 is 5.11 Å². The van der Waals surface area contributed by atoms with Crippen molar-refractivity contribution in [3.8, 4) is 0 Å². The Morgan fingerprint density at radius 1 is 1.06 bits per heavy atom. The van der Waals surface area contributed by atoms with E-state index in [2.05, 4.69) is 27.7 Å². The molecule has 1 nitrogen and oxygen atoms in total. The molecule has 2 bridgehead atoms. The summed E-state index contributed by atoms with van der Waals surface area (Å²) in [6, 6.07) is 0. The van der Waals surface area contributed by atoms with Crippen LogP contribution in [-0.4, -0.2) is 11.2 Å². The second-order valence-corrected chi connectivity index (χ2v) is 7.62. The highest BCUT2D eigenvalue weighted by atomic mass is 16.3. The highest BCUT2D eigenvalue weighted by Crippen LogP contribution is 2.73. The van der Waals surface area contributed by atoms with Crippen LogP contribution in [0.15, 0.2) is 0 Å². The van der Waals surface area contributed by atoms with Crippen molar-refractivity contribution >= 4 is 0 Å².